The number of nitrogen functional groups attached to an aromatic ring is 1. The van der Waals surface area contributed by atoms with Gasteiger partial charge in [0.1, 0.15) is 6.20 Å². The van der Waals surface area contributed by atoms with E-state index >= 15 is 0 Å². The summed E-state index contributed by atoms with van der Waals surface area (Å²) in [5.74, 6) is 5.08. The molecule has 3 N–H and O–H groups in total. The summed E-state index contributed by atoms with van der Waals surface area (Å²) in [6.45, 7) is 1.45. The number of amides is 1. The number of hydrogen-bond donors (Lipinski definition) is 2. The zero-order valence-electron chi connectivity index (χ0n) is 11.6. The van der Waals surface area contributed by atoms with E-state index in [-0.39, 0.29) is 22.6 Å². The number of thioether (sulfide) groups is 1. The first-order valence-electron chi connectivity index (χ1n) is 6.21. The summed E-state index contributed by atoms with van der Waals surface area (Å²) >= 11 is 0.984. The number of hydrogen-bond acceptors (Lipinski definition) is 7. The van der Waals surface area contributed by atoms with E-state index in [1.54, 1.807) is 24.3 Å². The monoisotopic (exact) mass is 319 g/mol. The van der Waals surface area contributed by atoms with Crippen LogP contribution in [-0.4, -0.2) is 32.3 Å². The number of benzene rings is 1. The van der Waals surface area contributed by atoms with Crippen LogP contribution in [-0.2, 0) is 4.79 Å². The van der Waals surface area contributed by atoms with Crippen LogP contribution in [0.4, 0.5) is 5.69 Å². The smallest absolute Gasteiger partial charge is 0.291 e. The predicted octanol–water partition coefficient (Wildman–Crippen LogP) is 0.285. The number of aromatic nitrogens is 3. The molecular weight excluding hydrogens is 306 g/mol. The van der Waals surface area contributed by atoms with Crippen molar-refractivity contribution in [1.82, 2.24) is 14.9 Å². The fourth-order valence-corrected chi connectivity index (χ4v) is 2.24. The molecule has 2 rings (SSSR count). The second-order valence-corrected chi connectivity index (χ2v) is 5.25. The first-order chi connectivity index (χ1) is 10.5. The van der Waals surface area contributed by atoms with Crippen molar-refractivity contribution in [3.63, 3.8) is 0 Å². The minimum Gasteiger partial charge on any atom is -0.334 e. The van der Waals surface area contributed by atoms with Crippen LogP contribution in [0.5, 0.6) is 0 Å². The molecule has 0 aliphatic rings. The van der Waals surface area contributed by atoms with E-state index in [9.17, 15) is 14.4 Å². The van der Waals surface area contributed by atoms with Gasteiger partial charge in [0.05, 0.1) is 5.75 Å². The Morgan fingerprint density at radius 1 is 1.41 bits per heavy atom. The van der Waals surface area contributed by atoms with E-state index in [1.807, 2.05) is 0 Å². The quantitative estimate of drug-likeness (QED) is 0.461. The van der Waals surface area contributed by atoms with Crippen LogP contribution in [0.25, 0.3) is 0 Å². The van der Waals surface area contributed by atoms with E-state index in [1.165, 1.54) is 6.92 Å². The first kappa shape index (κ1) is 15.7. The number of nitrogens with two attached hydrogens (primary N) is 1. The highest BCUT2D eigenvalue weighted by Crippen LogP contribution is 2.14. The molecular formula is C13H13N5O3S. The van der Waals surface area contributed by atoms with Crippen molar-refractivity contribution in [3.05, 3.63) is 46.4 Å². The first-order valence-corrected chi connectivity index (χ1v) is 7.19. The summed E-state index contributed by atoms with van der Waals surface area (Å²) in [7, 11) is 0. The van der Waals surface area contributed by atoms with Gasteiger partial charge in [0.25, 0.3) is 5.56 Å². The lowest BCUT2D eigenvalue weighted by Crippen LogP contribution is -2.30. The number of carbonyl (C=O) groups excluding carboxylic acids is 2. The van der Waals surface area contributed by atoms with Crippen molar-refractivity contribution in [2.24, 2.45) is 0 Å². The van der Waals surface area contributed by atoms with Gasteiger partial charge in [0.2, 0.25) is 11.1 Å². The van der Waals surface area contributed by atoms with Gasteiger partial charge in [-0.25, -0.2) is 0 Å². The molecule has 1 amide bonds. The number of ketones is 1. The van der Waals surface area contributed by atoms with E-state index in [2.05, 4.69) is 15.5 Å². The number of anilines is 1. The Balaban J connectivity index is 1.99. The highest BCUT2D eigenvalue weighted by molar-refractivity contribution is 7.99. The number of carbonyl (C=O) groups is 2. The van der Waals surface area contributed by atoms with Gasteiger partial charge in [-0.2, -0.15) is 9.77 Å². The van der Waals surface area contributed by atoms with E-state index < -0.39 is 5.56 Å². The molecule has 0 bridgehead atoms. The Labute approximate surface area is 129 Å². The molecule has 0 radical (unpaired) electrons. The van der Waals surface area contributed by atoms with Gasteiger partial charge in [-0.05, 0) is 19.1 Å². The van der Waals surface area contributed by atoms with Crippen LogP contribution in [0.1, 0.15) is 17.3 Å². The third-order valence-electron chi connectivity index (χ3n) is 2.64. The molecule has 0 saturated heterocycles. The fourth-order valence-electron chi connectivity index (χ4n) is 1.57. The molecule has 22 heavy (non-hydrogen) atoms. The molecule has 2 aromatic rings. The highest BCUT2D eigenvalue weighted by Gasteiger charge is 2.09. The molecule has 0 spiro atoms. The molecule has 9 heteroatoms. The molecule has 8 nitrogen and oxygen atoms in total. The average Bonchev–Trinajstić information content (AvgIpc) is 2.49. The molecule has 0 aliphatic heterocycles. The minimum atomic E-state index is -0.507. The molecule has 1 heterocycles. The molecule has 0 fully saturated rings. The summed E-state index contributed by atoms with van der Waals surface area (Å²) < 4.78 is 0.821. The van der Waals surface area contributed by atoms with Gasteiger partial charge in [0.15, 0.2) is 5.78 Å². The number of nitrogens with one attached hydrogen (secondary N) is 1. The fraction of sp³-hybridized carbons (Fsp3) is 0.154. The third-order valence-corrected chi connectivity index (χ3v) is 3.58. The second-order valence-electron chi connectivity index (χ2n) is 4.31. The van der Waals surface area contributed by atoms with Crippen molar-refractivity contribution in [2.75, 3.05) is 16.9 Å². The second kappa shape index (κ2) is 6.85. The Kier molecular flexibility index (Phi) is 4.89. The van der Waals surface area contributed by atoms with Crippen LogP contribution >= 0.6 is 11.8 Å². The van der Waals surface area contributed by atoms with Gasteiger partial charge < -0.3 is 11.2 Å². The average molecular weight is 319 g/mol. The van der Waals surface area contributed by atoms with Crippen LogP contribution in [0.15, 0.2) is 40.4 Å². The lowest BCUT2D eigenvalue weighted by molar-refractivity contribution is -0.113. The highest BCUT2D eigenvalue weighted by atomic mass is 32.2. The van der Waals surface area contributed by atoms with Crippen molar-refractivity contribution in [2.45, 2.75) is 12.1 Å². The lowest BCUT2D eigenvalue weighted by Gasteiger charge is -2.07. The predicted molar refractivity (Wildman–Crippen MR) is 82.2 cm³/mol. The maximum absolute atomic E-state index is 11.9. The minimum absolute atomic E-state index is 0.000365. The van der Waals surface area contributed by atoms with Gasteiger partial charge in [-0.1, -0.05) is 23.9 Å². The van der Waals surface area contributed by atoms with Crippen LogP contribution in [0, 0.1) is 0 Å². The number of rotatable bonds is 5. The Bertz CT molecular complexity index is 774. The van der Waals surface area contributed by atoms with Crippen LogP contribution < -0.4 is 16.7 Å². The number of Topliss-reactive ketones (excluding diaryl/α,β-unsaturated/α-hetero) is 1. The summed E-state index contributed by atoms with van der Waals surface area (Å²) in [4.78, 5) is 34.4. The van der Waals surface area contributed by atoms with E-state index in [0.717, 1.165) is 22.6 Å². The Morgan fingerprint density at radius 3 is 2.91 bits per heavy atom. The van der Waals surface area contributed by atoms with Crippen molar-refractivity contribution >= 4 is 29.1 Å². The molecule has 1 aromatic heterocycles. The third kappa shape index (κ3) is 3.92. The molecule has 0 unspecified atom stereocenters. The molecule has 1 aromatic carbocycles. The Hall–Kier alpha value is -2.68. The molecule has 114 valence electrons. The van der Waals surface area contributed by atoms with Gasteiger partial charge in [-0.3, -0.25) is 14.4 Å². The zero-order valence-corrected chi connectivity index (χ0v) is 12.5. The van der Waals surface area contributed by atoms with Crippen molar-refractivity contribution < 1.29 is 9.59 Å². The summed E-state index contributed by atoms with van der Waals surface area (Å²) in [5.41, 5.74) is 0.518. The molecule has 0 saturated carbocycles. The van der Waals surface area contributed by atoms with E-state index in [0.29, 0.717) is 11.3 Å². The normalized spacial score (nSPS) is 10.2. The molecule has 0 aliphatic carbocycles. The maximum Gasteiger partial charge on any atom is 0.291 e. The SMILES string of the molecule is CC(=O)c1cccc(NC(=O)CSc2nncc(=O)n2N)c1. The van der Waals surface area contributed by atoms with Gasteiger partial charge >= 0.3 is 0 Å². The standard InChI is InChI=1S/C13H13N5O3S/c1-8(19)9-3-2-4-10(5-9)16-11(20)7-22-13-17-15-6-12(21)18(13)14/h2-6H,7,14H2,1H3,(H,16,20). The van der Waals surface area contributed by atoms with Crippen molar-refractivity contribution in [3.8, 4) is 0 Å². The van der Waals surface area contributed by atoms with Gasteiger partial charge in [-0.15, -0.1) is 5.10 Å². The topological polar surface area (TPSA) is 120 Å². The van der Waals surface area contributed by atoms with Gasteiger partial charge in [0, 0.05) is 11.3 Å². The largest absolute Gasteiger partial charge is 0.334 e. The van der Waals surface area contributed by atoms with Crippen LogP contribution in [0.2, 0.25) is 0 Å². The van der Waals surface area contributed by atoms with E-state index in [4.69, 9.17) is 5.84 Å². The zero-order chi connectivity index (χ0) is 16.1. The lowest BCUT2D eigenvalue weighted by atomic mass is 10.1. The summed E-state index contributed by atoms with van der Waals surface area (Å²) in [6, 6.07) is 6.61. The maximum atomic E-state index is 11.9. The molecule has 0 atom stereocenters. The van der Waals surface area contributed by atoms with Crippen LogP contribution in [0.3, 0.4) is 0 Å². The summed E-state index contributed by atoms with van der Waals surface area (Å²) in [5, 5.41) is 9.96. The van der Waals surface area contributed by atoms with Crippen molar-refractivity contribution in [1.29, 1.82) is 0 Å². The Morgan fingerprint density at radius 2 is 2.18 bits per heavy atom. The summed E-state index contributed by atoms with van der Waals surface area (Å²) in [6.07, 6.45) is 0.984. The number of nitrogens with zero attached hydrogens (tertiary/aromatic N) is 3.